The Morgan fingerprint density at radius 2 is 1.88 bits per heavy atom. The highest BCUT2D eigenvalue weighted by atomic mass is 35.5. The van der Waals surface area contributed by atoms with Gasteiger partial charge in [-0.15, -0.1) is 0 Å². The Labute approximate surface area is 97.8 Å². The van der Waals surface area contributed by atoms with Crippen LogP contribution in [0, 0.1) is 0 Å². The first-order valence-electron chi connectivity index (χ1n) is 4.56. The molecule has 82 valence electrons. The molecule has 1 heterocycles. The van der Waals surface area contributed by atoms with Crippen LogP contribution in [-0.4, -0.2) is 17.1 Å². The van der Waals surface area contributed by atoms with Crippen LogP contribution in [0.1, 0.15) is 0 Å². The molecular weight excluding hydrogens is 228 g/mol. The van der Waals surface area contributed by atoms with E-state index in [1.807, 2.05) is 0 Å². The van der Waals surface area contributed by atoms with Crippen molar-refractivity contribution >= 4 is 11.6 Å². The zero-order chi connectivity index (χ0) is 11.4. The van der Waals surface area contributed by atoms with E-state index in [4.69, 9.17) is 21.1 Å². The van der Waals surface area contributed by atoms with Crippen molar-refractivity contribution in [3.63, 3.8) is 0 Å². The molecule has 0 spiro atoms. The lowest BCUT2D eigenvalue weighted by Crippen LogP contribution is -1.89. The lowest BCUT2D eigenvalue weighted by molar-refractivity contribution is 0.408. The van der Waals surface area contributed by atoms with Gasteiger partial charge in [-0.05, 0) is 12.1 Å². The van der Waals surface area contributed by atoms with Crippen LogP contribution in [0.15, 0.2) is 36.9 Å². The Hall–Kier alpha value is -1.81. The summed E-state index contributed by atoms with van der Waals surface area (Å²) in [6.07, 6.45) is 4.55. The number of methoxy groups -OCH3 is 1. The number of ether oxygens (including phenoxy) is 2. The Bertz CT molecular complexity index is 477. The summed E-state index contributed by atoms with van der Waals surface area (Å²) in [5.74, 6) is 1.71. The highest BCUT2D eigenvalue weighted by Gasteiger charge is 2.05. The van der Waals surface area contributed by atoms with Gasteiger partial charge in [0.1, 0.15) is 17.8 Å². The first-order chi connectivity index (χ1) is 7.79. The summed E-state index contributed by atoms with van der Waals surface area (Å²) in [4.78, 5) is 7.69. The molecule has 0 saturated heterocycles. The Balaban J connectivity index is 2.27. The molecule has 0 aliphatic heterocycles. The predicted molar refractivity (Wildman–Crippen MR) is 60.1 cm³/mol. The van der Waals surface area contributed by atoms with E-state index in [9.17, 15) is 0 Å². The van der Waals surface area contributed by atoms with Gasteiger partial charge in [-0.3, -0.25) is 0 Å². The number of hydrogen-bond donors (Lipinski definition) is 0. The fraction of sp³-hybridized carbons (Fsp3) is 0.0909. The normalized spacial score (nSPS) is 9.88. The number of hydrogen-bond acceptors (Lipinski definition) is 4. The second-order valence-electron chi connectivity index (χ2n) is 2.97. The average molecular weight is 237 g/mol. The minimum Gasteiger partial charge on any atom is -0.497 e. The molecule has 0 aliphatic carbocycles. The lowest BCUT2D eigenvalue weighted by atomic mass is 10.3. The second-order valence-corrected chi connectivity index (χ2v) is 3.38. The van der Waals surface area contributed by atoms with E-state index in [1.54, 1.807) is 37.7 Å². The molecule has 0 radical (unpaired) electrons. The number of nitrogens with zero attached hydrogens (tertiary/aromatic N) is 2. The Kier molecular flexibility index (Phi) is 3.22. The van der Waals surface area contributed by atoms with Crippen LogP contribution < -0.4 is 9.47 Å². The molecule has 0 atom stereocenters. The van der Waals surface area contributed by atoms with Crippen LogP contribution in [0.2, 0.25) is 5.02 Å². The number of aromatic nitrogens is 2. The van der Waals surface area contributed by atoms with Crippen LogP contribution in [0.25, 0.3) is 0 Å². The number of halogens is 1. The summed E-state index contributed by atoms with van der Waals surface area (Å²) in [5, 5.41) is 0.504. The van der Waals surface area contributed by atoms with Gasteiger partial charge in [-0.2, -0.15) is 0 Å². The van der Waals surface area contributed by atoms with E-state index < -0.39 is 0 Å². The van der Waals surface area contributed by atoms with Gasteiger partial charge >= 0.3 is 0 Å². The largest absolute Gasteiger partial charge is 0.497 e. The Morgan fingerprint density at radius 1 is 1.12 bits per heavy atom. The smallest absolute Gasteiger partial charge is 0.164 e. The van der Waals surface area contributed by atoms with E-state index in [2.05, 4.69) is 9.97 Å². The highest BCUT2D eigenvalue weighted by molar-refractivity contribution is 6.32. The van der Waals surface area contributed by atoms with Gasteiger partial charge < -0.3 is 9.47 Å². The first kappa shape index (κ1) is 10.7. The van der Waals surface area contributed by atoms with E-state index in [0.29, 0.717) is 22.3 Å². The third-order valence-electron chi connectivity index (χ3n) is 1.90. The van der Waals surface area contributed by atoms with Crippen LogP contribution >= 0.6 is 11.6 Å². The second kappa shape index (κ2) is 4.81. The molecule has 0 bridgehead atoms. The zero-order valence-corrected chi connectivity index (χ0v) is 9.31. The van der Waals surface area contributed by atoms with Crippen molar-refractivity contribution in [3.05, 3.63) is 41.9 Å². The SMILES string of the molecule is COc1ccc(Cl)c(Oc2cncnc2)c1. The summed E-state index contributed by atoms with van der Waals surface area (Å²) in [7, 11) is 1.58. The molecule has 5 heteroatoms. The minimum absolute atomic E-state index is 0.504. The molecule has 0 fully saturated rings. The van der Waals surface area contributed by atoms with Crippen molar-refractivity contribution in [2.75, 3.05) is 7.11 Å². The molecule has 0 saturated carbocycles. The quantitative estimate of drug-likeness (QED) is 0.822. The predicted octanol–water partition coefficient (Wildman–Crippen LogP) is 2.93. The fourth-order valence-electron chi connectivity index (χ4n) is 1.15. The summed E-state index contributed by atoms with van der Waals surface area (Å²) in [6.45, 7) is 0. The van der Waals surface area contributed by atoms with Crippen molar-refractivity contribution in [2.24, 2.45) is 0 Å². The molecule has 16 heavy (non-hydrogen) atoms. The van der Waals surface area contributed by atoms with Gasteiger partial charge in [-0.25, -0.2) is 9.97 Å². The maximum absolute atomic E-state index is 5.98. The molecule has 1 aromatic carbocycles. The van der Waals surface area contributed by atoms with Crippen molar-refractivity contribution in [1.29, 1.82) is 0 Å². The third-order valence-corrected chi connectivity index (χ3v) is 2.22. The highest BCUT2D eigenvalue weighted by Crippen LogP contribution is 2.32. The third kappa shape index (κ3) is 2.41. The monoisotopic (exact) mass is 236 g/mol. The maximum atomic E-state index is 5.98. The summed E-state index contributed by atoms with van der Waals surface area (Å²) >= 11 is 5.98. The molecule has 0 unspecified atom stereocenters. The molecule has 0 aliphatic rings. The van der Waals surface area contributed by atoms with Crippen LogP contribution in [-0.2, 0) is 0 Å². The molecular formula is C11H9ClN2O2. The summed E-state index contributed by atoms with van der Waals surface area (Å²) in [6, 6.07) is 5.17. The van der Waals surface area contributed by atoms with Crippen molar-refractivity contribution in [3.8, 4) is 17.2 Å². The molecule has 2 aromatic rings. The van der Waals surface area contributed by atoms with Crippen LogP contribution in [0.3, 0.4) is 0 Å². The fourth-order valence-corrected chi connectivity index (χ4v) is 1.31. The summed E-state index contributed by atoms with van der Waals surface area (Å²) < 4.78 is 10.6. The summed E-state index contributed by atoms with van der Waals surface area (Å²) in [5.41, 5.74) is 0. The molecule has 0 amide bonds. The number of rotatable bonds is 3. The van der Waals surface area contributed by atoms with E-state index >= 15 is 0 Å². The average Bonchev–Trinajstić information content (AvgIpc) is 2.33. The van der Waals surface area contributed by atoms with Gasteiger partial charge in [-0.1, -0.05) is 11.6 Å². The topological polar surface area (TPSA) is 44.2 Å². The molecule has 2 rings (SSSR count). The van der Waals surface area contributed by atoms with E-state index in [0.717, 1.165) is 0 Å². The van der Waals surface area contributed by atoms with Gasteiger partial charge in [0.25, 0.3) is 0 Å². The molecule has 1 aromatic heterocycles. The van der Waals surface area contributed by atoms with Gasteiger partial charge in [0.05, 0.1) is 24.5 Å². The van der Waals surface area contributed by atoms with Gasteiger partial charge in [0.15, 0.2) is 5.75 Å². The van der Waals surface area contributed by atoms with E-state index in [1.165, 1.54) is 6.33 Å². The van der Waals surface area contributed by atoms with Crippen LogP contribution in [0.4, 0.5) is 0 Å². The standard InChI is InChI=1S/C11H9ClN2O2/c1-15-8-2-3-10(12)11(4-8)16-9-5-13-7-14-6-9/h2-7H,1H3. The van der Waals surface area contributed by atoms with Gasteiger partial charge in [0, 0.05) is 6.07 Å². The lowest BCUT2D eigenvalue weighted by Gasteiger charge is -2.08. The van der Waals surface area contributed by atoms with Crippen molar-refractivity contribution in [1.82, 2.24) is 9.97 Å². The maximum Gasteiger partial charge on any atom is 0.164 e. The minimum atomic E-state index is 0.504. The molecule has 4 nitrogen and oxygen atoms in total. The van der Waals surface area contributed by atoms with E-state index in [-0.39, 0.29) is 0 Å². The van der Waals surface area contributed by atoms with Gasteiger partial charge in [0.2, 0.25) is 0 Å². The Morgan fingerprint density at radius 3 is 2.56 bits per heavy atom. The van der Waals surface area contributed by atoms with Crippen molar-refractivity contribution in [2.45, 2.75) is 0 Å². The first-order valence-corrected chi connectivity index (χ1v) is 4.94. The van der Waals surface area contributed by atoms with Crippen molar-refractivity contribution < 1.29 is 9.47 Å². The molecule has 0 N–H and O–H groups in total. The van der Waals surface area contributed by atoms with Crippen LogP contribution in [0.5, 0.6) is 17.2 Å². The zero-order valence-electron chi connectivity index (χ0n) is 8.55. The number of benzene rings is 1.